The highest BCUT2D eigenvalue weighted by atomic mass is 35.5. The van der Waals surface area contributed by atoms with Gasteiger partial charge < -0.3 is 24.7 Å². The van der Waals surface area contributed by atoms with Crippen molar-refractivity contribution in [3.8, 4) is 5.88 Å². The molecule has 0 unspecified atom stereocenters. The minimum absolute atomic E-state index is 0.423. The predicted octanol–water partition coefficient (Wildman–Crippen LogP) is 1.43. The largest absolute Gasteiger partial charge is 0.475 e. The minimum atomic E-state index is 0.423. The third-order valence-corrected chi connectivity index (χ3v) is 2.88. The first-order valence-electron chi connectivity index (χ1n) is 6.93. The average Bonchev–Trinajstić information content (AvgIpc) is 2.48. The van der Waals surface area contributed by atoms with E-state index in [1.165, 1.54) is 0 Å². The van der Waals surface area contributed by atoms with Crippen molar-refractivity contribution >= 4 is 11.6 Å². The van der Waals surface area contributed by atoms with Crippen molar-refractivity contribution < 1.29 is 18.9 Å². The van der Waals surface area contributed by atoms with Gasteiger partial charge in [-0.2, -0.15) is 0 Å². The highest BCUT2D eigenvalue weighted by Crippen LogP contribution is 2.16. The van der Waals surface area contributed by atoms with E-state index in [9.17, 15) is 0 Å². The number of rotatable bonds is 12. The monoisotopic (exact) mass is 318 g/mol. The SMILES string of the molecule is Cc1ccc(OCCOCCOCCOCCN)nc1Cl. The summed E-state index contributed by atoms with van der Waals surface area (Å²) in [4.78, 5) is 4.10. The summed E-state index contributed by atoms with van der Waals surface area (Å²) in [5.41, 5.74) is 6.21. The lowest BCUT2D eigenvalue weighted by Crippen LogP contribution is -2.14. The molecule has 0 radical (unpaired) electrons. The summed E-state index contributed by atoms with van der Waals surface area (Å²) in [6.45, 7) is 6.03. The summed E-state index contributed by atoms with van der Waals surface area (Å²) in [7, 11) is 0. The van der Waals surface area contributed by atoms with Gasteiger partial charge in [-0.15, -0.1) is 0 Å². The summed E-state index contributed by atoms with van der Waals surface area (Å²) >= 11 is 5.90. The van der Waals surface area contributed by atoms with Gasteiger partial charge in [0.05, 0.1) is 39.6 Å². The zero-order valence-electron chi connectivity index (χ0n) is 12.3. The van der Waals surface area contributed by atoms with E-state index in [1.54, 1.807) is 6.07 Å². The van der Waals surface area contributed by atoms with Crippen molar-refractivity contribution in [1.29, 1.82) is 0 Å². The molecule has 0 saturated carbocycles. The minimum Gasteiger partial charge on any atom is -0.475 e. The fourth-order valence-corrected chi connectivity index (χ4v) is 1.54. The standard InChI is InChI=1S/C14H23ClN2O4/c1-12-2-3-13(17-14(12)15)21-11-10-20-9-8-19-7-6-18-5-4-16/h2-3H,4-11,16H2,1H3. The van der Waals surface area contributed by atoms with Crippen LogP contribution in [-0.4, -0.2) is 57.8 Å². The molecule has 0 aromatic carbocycles. The van der Waals surface area contributed by atoms with Crippen molar-refractivity contribution in [2.45, 2.75) is 6.92 Å². The Bertz CT molecular complexity index is 393. The fourth-order valence-electron chi connectivity index (χ4n) is 1.40. The first kappa shape index (κ1) is 18.1. The van der Waals surface area contributed by atoms with Crippen molar-refractivity contribution in [1.82, 2.24) is 4.98 Å². The van der Waals surface area contributed by atoms with E-state index in [0.717, 1.165) is 5.56 Å². The molecule has 1 aromatic heterocycles. The van der Waals surface area contributed by atoms with E-state index >= 15 is 0 Å². The number of hydrogen-bond acceptors (Lipinski definition) is 6. The molecule has 0 bridgehead atoms. The van der Waals surface area contributed by atoms with Crippen LogP contribution in [0, 0.1) is 6.92 Å². The third kappa shape index (κ3) is 8.85. The number of pyridine rings is 1. The van der Waals surface area contributed by atoms with Crippen LogP contribution in [0.25, 0.3) is 0 Å². The van der Waals surface area contributed by atoms with Crippen LogP contribution in [0.4, 0.5) is 0 Å². The number of hydrogen-bond donors (Lipinski definition) is 1. The zero-order chi connectivity index (χ0) is 15.3. The zero-order valence-corrected chi connectivity index (χ0v) is 13.1. The Labute approximate surface area is 130 Å². The molecule has 7 heteroatoms. The highest BCUT2D eigenvalue weighted by Gasteiger charge is 2.00. The first-order valence-corrected chi connectivity index (χ1v) is 7.31. The van der Waals surface area contributed by atoms with Crippen molar-refractivity contribution in [3.05, 3.63) is 22.8 Å². The number of aryl methyl sites for hydroxylation is 1. The number of halogens is 1. The molecular formula is C14H23ClN2O4. The molecule has 0 aliphatic heterocycles. The topological polar surface area (TPSA) is 75.8 Å². The highest BCUT2D eigenvalue weighted by molar-refractivity contribution is 6.30. The van der Waals surface area contributed by atoms with Gasteiger partial charge in [-0.25, -0.2) is 4.98 Å². The molecule has 21 heavy (non-hydrogen) atoms. The number of nitrogens with zero attached hydrogens (tertiary/aromatic N) is 1. The summed E-state index contributed by atoms with van der Waals surface area (Å²) in [5.74, 6) is 0.502. The lowest BCUT2D eigenvalue weighted by atomic mass is 10.3. The van der Waals surface area contributed by atoms with Gasteiger partial charge in [-0.3, -0.25) is 0 Å². The van der Waals surface area contributed by atoms with Crippen LogP contribution in [0.2, 0.25) is 5.15 Å². The van der Waals surface area contributed by atoms with Gasteiger partial charge in [0.1, 0.15) is 11.8 Å². The molecule has 120 valence electrons. The molecule has 6 nitrogen and oxygen atoms in total. The van der Waals surface area contributed by atoms with Gasteiger partial charge in [0.15, 0.2) is 0 Å². The van der Waals surface area contributed by atoms with Crippen LogP contribution in [0.5, 0.6) is 5.88 Å². The molecule has 0 aliphatic rings. The average molecular weight is 319 g/mol. The summed E-state index contributed by atoms with van der Waals surface area (Å²) in [5, 5.41) is 0.457. The summed E-state index contributed by atoms with van der Waals surface area (Å²) < 4.78 is 21.3. The molecule has 0 atom stereocenters. The van der Waals surface area contributed by atoms with Gasteiger partial charge >= 0.3 is 0 Å². The van der Waals surface area contributed by atoms with Gasteiger partial charge in [0, 0.05) is 12.6 Å². The van der Waals surface area contributed by atoms with Gasteiger partial charge in [-0.05, 0) is 12.5 Å². The van der Waals surface area contributed by atoms with Crippen LogP contribution in [-0.2, 0) is 14.2 Å². The normalized spacial score (nSPS) is 10.8. The molecular weight excluding hydrogens is 296 g/mol. The van der Waals surface area contributed by atoms with Crippen molar-refractivity contribution in [3.63, 3.8) is 0 Å². The van der Waals surface area contributed by atoms with Crippen LogP contribution in [0.15, 0.2) is 12.1 Å². The number of nitrogens with two attached hydrogens (primary N) is 1. The third-order valence-electron chi connectivity index (χ3n) is 2.49. The van der Waals surface area contributed by atoms with Gasteiger partial charge in [-0.1, -0.05) is 17.7 Å². The van der Waals surface area contributed by atoms with Crippen LogP contribution < -0.4 is 10.5 Å². The van der Waals surface area contributed by atoms with Crippen LogP contribution in [0.3, 0.4) is 0 Å². The quantitative estimate of drug-likeness (QED) is 0.464. The van der Waals surface area contributed by atoms with Gasteiger partial charge in [0.2, 0.25) is 5.88 Å². The number of aromatic nitrogens is 1. The molecule has 1 heterocycles. The summed E-state index contributed by atoms with van der Waals surface area (Å²) in [6.07, 6.45) is 0. The van der Waals surface area contributed by atoms with Crippen molar-refractivity contribution in [2.24, 2.45) is 5.73 Å². The molecule has 0 spiro atoms. The second kappa shape index (κ2) is 11.7. The second-order valence-electron chi connectivity index (χ2n) is 4.23. The Hall–Kier alpha value is -0.920. The molecule has 0 fully saturated rings. The fraction of sp³-hybridized carbons (Fsp3) is 0.643. The van der Waals surface area contributed by atoms with Gasteiger partial charge in [0.25, 0.3) is 0 Å². The van der Waals surface area contributed by atoms with Crippen LogP contribution in [0.1, 0.15) is 5.56 Å². The van der Waals surface area contributed by atoms with E-state index < -0.39 is 0 Å². The number of ether oxygens (including phenoxy) is 4. The van der Waals surface area contributed by atoms with Crippen molar-refractivity contribution in [2.75, 3.05) is 52.8 Å². The molecule has 0 saturated heterocycles. The maximum absolute atomic E-state index is 5.90. The Morgan fingerprint density at radius 3 is 2.10 bits per heavy atom. The smallest absolute Gasteiger partial charge is 0.214 e. The Morgan fingerprint density at radius 2 is 1.52 bits per heavy atom. The molecule has 0 aliphatic carbocycles. The maximum atomic E-state index is 5.90. The van der Waals surface area contributed by atoms with E-state index in [2.05, 4.69) is 4.98 Å². The van der Waals surface area contributed by atoms with E-state index in [-0.39, 0.29) is 0 Å². The van der Waals surface area contributed by atoms with E-state index in [0.29, 0.717) is 63.8 Å². The molecule has 1 rings (SSSR count). The van der Waals surface area contributed by atoms with Crippen LogP contribution >= 0.6 is 11.6 Å². The van der Waals surface area contributed by atoms with E-state index in [1.807, 2.05) is 13.0 Å². The van der Waals surface area contributed by atoms with E-state index in [4.69, 9.17) is 36.3 Å². The molecule has 2 N–H and O–H groups in total. The second-order valence-corrected chi connectivity index (χ2v) is 4.59. The summed E-state index contributed by atoms with van der Waals surface area (Å²) in [6, 6.07) is 3.65. The Balaban J connectivity index is 1.91. The molecule has 1 aromatic rings. The predicted molar refractivity (Wildman–Crippen MR) is 81.0 cm³/mol. The molecule has 0 amide bonds. The lowest BCUT2D eigenvalue weighted by molar-refractivity contribution is 0.0103. The Morgan fingerprint density at radius 1 is 0.952 bits per heavy atom. The lowest BCUT2D eigenvalue weighted by Gasteiger charge is -2.08. The first-order chi connectivity index (χ1) is 10.2. The Kier molecular flexibility index (Phi) is 10.1. The maximum Gasteiger partial charge on any atom is 0.214 e.